The number of amides is 2. The molecule has 2 aliphatic rings. The summed E-state index contributed by atoms with van der Waals surface area (Å²) in [7, 11) is 0. The quantitative estimate of drug-likeness (QED) is 0.891. The molecule has 1 heterocycles. The number of hydrogen-bond donors (Lipinski definition) is 2. The highest BCUT2D eigenvalue weighted by Crippen LogP contribution is 2.24. The van der Waals surface area contributed by atoms with Crippen molar-refractivity contribution in [3.8, 4) is 5.75 Å². The number of para-hydroxylation sites is 1. The molecule has 1 aliphatic carbocycles. The van der Waals surface area contributed by atoms with Crippen molar-refractivity contribution in [1.82, 2.24) is 10.6 Å². The minimum absolute atomic E-state index is 0.00259. The van der Waals surface area contributed by atoms with Crippen molar-refractivity contribution in [2.45, 2.75) is 56.7 Å². The fraction of sp³-hybridized carbons (Fsp3) is 0.529. The average Bonchev–Trinajstić information content (AvgIpc) is 2.97. The zero-order valence-corrected chi connectivity index (χ0v) is 12.6. The molecule has 0 bridgehead atoms. The van der Waals surface area contributed by atoms with Gasteiger partial charge in [-0.1, -0.05) is 24.6 Å². The van der Waals surface area contributed by atoms with E-state index in [9.17, 15) is 9.59 Å². The van der Waals surface area contributed by atoms with E-state index in [1.165, 1.54) is 0 Å². The normalized spacial score (nSPS) is 28.0. The van der Waals surface area contributed by atoms with Crippen molar-refractivity contribution in [3.63, 3.8) is 0 Å². The van der Waals surface area contributed by atoms with E-state index in [4.69, 9.17) is 4.74 Å². The molecule has 1 aromatic carbocycles. The lowest BCUT2D eigenvalue weighted by Crippen LogP contribution is -2.52. The van der Waals surface area contributed by atoms with Crippen LogP contribution >= 0.6 is 0 Å². The van der Waals surface area contributed by atoms with Gasteiger partial charge in [0.2, 0.25) is 11.8 Å². The number of benzene rings is 1. The lowest BCUT2D eigenvalue weighted by molar-refractivity contribution is -0.127. The first-order valence-electron chi connectivity index (χ1n) is 8.04. The molecule has 2 amide bonds. The Morgan fingerprint density at radius 3 is 2.64 bits per heavy atom. The molecule has 3 atom stereocenters. The average molecular weight is 302 g/mol. The van der Waals surface area contributed by atoms with Gasteiger partial charge in [0.25, 0.3) is 0 Å². The van der Waals surface area contributed by atoms with E-state index in [-0.39, 0.29) is 30.0 Å². The number of hydrogen-bond acceptors (Lipinski definition) is 3. The summed E-state index contributed by atoms with van der Waals surface area (Å²) < 4.78 is 6.05. The summed E-state index contributed by atoms with van der Waals surface area (Å²) in [5, 5.41) is 5.79. The highest BCUT2D eigenvalue weighted by atomic mass is 16.5. The molecule has 2 fully saturated rings. The SMILES string of the molecule is O=C1CC[C@H](C(=O)N[C@@H]2CCCC[C@H]2Oc2ccccc2)N1. The maximum atomic E-state index is 12.3. The number of ether oxygens (including phenoxy) is 1. The first-order valence-corrected chi connectivity index (χ1v) is 8.04. The van der Waals surface area contributed by atoms with Gasteiger partial charge in [0.15, 0.2) is 0 Å². The molecule has 5 heteroatoms. The highest BCUT2D eigenvalue weighted by molar-refractivity contribution is 5.90. The van der Waals surface area contributed by atoms with Gasteiger partial charge in [0, 0.05) is 6.42 Å². The highest BCUT2D eigenvalue weighted by Gasteiger charge is 2.32. The van der Waals surface area contributed by atoms with E-state index >= 15 is 0 Å². The van der Waals surface area contributed by atoms with E-state index in [0.29, 0.717) is 12.8 Å². The van der Waals surface area contributed by atoms with Crippen LogP contribution in [-0.4, -0.2) is 30.0 Å². The summed E-state index contributed by atoms with van der Waals surface area (Å²) in [5.74, 6) is 0.711. The molecule has 2 N–H and O–H groups in total. The number of nitrogens with one attached hydrogen (secondary N) is 2. The van der Waals surface area contributed by atoms with Gasteiger partial charge >= 0.3 is 0 Å². The predicted molar refractivity (Wildman–Crippen MR) is 82.4 cm³/mol. The second-order valence-corrected chi connectivity index (χ2v) is 6.03. The number of carbonyl (C=O) groups excluding carboxylic acids is 2. The molecule has 118 valence electrons. The van der Waals surface area contributed by atoms with Crippen molar-refractivity contribution in [3.05, 3.63) is 30.3 Å². The van der Waals surface area contributed by atoms with Crippen LogP contribution in [0.4, 0.5) is 0 Å². The Morgan fingerprint density at radius 2 is 1.91 bits per heavy atom. The van der Waals surface area contributed by atoms with Crippen LogP contribution < -0.4 is 15.4 Å². The molecule has 0 aromatic heterocycles. The van der Waals surface area contributed by atoms with Gasteiger partial charge in [-0.2, -0.15) is 0 Å². The molecule has 3 rings (SSSR count). The van der Waals surface area contributed by atoms with Crippen molar-refractivity contribution < 1.29 is 14.3 Å². The molecule has 1 saturated heterocycles. The molecule has 22 heavy (non-hydrogen) atoms. The summed E-state index contributed by atoms with van der Waals surface area (Å²) in [4.78, 5) is 23.5. The van der Waals surface area contributed by atoms with Crippen LogP contribution in [0.2, 0.25) is 0 Å². The molecule has 5 nitrogen and oxygen atoms in total. The Balaban J connectivity index is 1.60. The smallest absolute Gasteiger partial charge is 0.242 e. The van der Waals surface area contributed by atoms with Gasteiger partial charge in [-0.05, 0) is 37.8 Å². The van der Waals surface area contributed by atoms with E-state index in [1.54, 1.807) is 0 Å². The summed E-state index contributed by atoms with van der Waals surface area (Å²) in [6.07, 6.45) is 5.09. The van der Waals surface area contributed by atoms with Crippen molar-refractivity contribution in [2.24, 2.45) is 0 Å². The van der Waals surface area contributed by atoms with E-state index in [2.05, 4.69) is 10.6 Å². The fourth-order valence-corrected chi connectivity index (χ4v) is 3.17. The van der Waals surface area contributed by atoms with E-state index < -0.39 is 0 Å². The molecule has 0 radical (unpaired) electrons. The first kappa shape index (κ1) is 14.9. The molecule has 0 spiro atoms. The van der Waals surface area contributed by atoms with Gasteiger partial charge in [-0.3, -0.25) is 9.59 Å². The zero-order valence-electron chi connectivity index (χ0n) is 12.6. The van der Waals surface area contributed by atoms with Crippen molar-refractivity contribution in [2.75, 3.05) is 0 Å². The van der Waals surface area contributed by atoms with E-state index in [1.807, 2.05) is 30.3 Å². The Morgan fingerprint density at radius 1 is 1.14 bits per heavy atom. The van der Waals surface area contributed by atoms with Crippen LogP contribution in [0, 0.1) is 0 Å². The van der Waals surface area contributed by atoms with Crippen LogP contribution in [-0.2, 0) is 9.59 Å². The summed E-state index contributed by atoms with van der Waals surface area (Å²) in [6, 6.07) is 9.34. The Kier molecular flexibility index (Phi) is 4.61. The monoisotopic (exact) mass is 302 g/mol. The van der Waals surface area contributed by atoms with Gasteiger partial charge in [-0.15, -0.1) is 0 Å². The second kappa shape index (κ2) is 6.81. The number of rotatable bonds is 4. The lowest BCUT2D eigenvalue weighted by atomic mass is 9.92. The summed E-state index contributed by atoms with van der Waals surface area (Å²) >= 11 is 0. The summed E-state index contributed by atoms with van der Waals surface area (Å²) in [6.45, 7) is 0. The topological polar surface area (TPSA) is 67.4 Å². The van der Waals surface area contributed by atoms with E-state index in [0.717, 1.165) is 31.4 Å². The third-order valence-electron chi connectivity index (χ3n) is 4.37. The maximum Gasteiger partial charge on any atom is 0.242 e. The molecule has 1 aromatic rings. The largest absolute Gasteiger partial charge is 0.488 e. The Bertz CT molecular complexity index is 532. The van der Waals surface area contributed by atoms with Crippen LogP contribution in [0.3, 0.4) is 0 Å². The van der Waals surface area contributed by atoms with Crippen LogP contribution in [0.15, 0.2) is 30.3 Å². The Hall–Kier alpha value is -2.04. The Labute approximate surface area is 130 Å². The maximum absolute atomic E-state index is 12.3. The molecule has 0 unspecified atom stereocenters. The fourth-order valence-electron chi connectivity index (χ4n) is 3.17. The molecular weight excluding hydrogens is 280 g/mol. The summed E-state index contributed by atoms with van der Waals surface area (Å²) in [5.41, 5.74) is 0. The molecular formula is C17H22N2O3. The van der Waals surface area contributed by atoms with Crippen LogP contribution in [0.5, 0.6) is 5.75 Å². The number of carbonyl (C=O) groups is 2. The van der Waals surface area contributed by atoms with Crippen LogP contribution in [0.25, 0.3) is 0 Å². The van der Waals surface area contributed by atoms with Gasteiger partial charge in [-0.25, -0.2) is 0 Å². The minimum atomic E-state index is -0.383. The second-order valence-electron chi connectivity index (χ2n) is 6.03. The lowest BCUT2D eigenvalue weighted by Gasteiger charge is -2.33. The van der Waals surface area contributed by atoms with Crippen molar-refractivity contribution in [1.29, 1.82) is 0 Å². The third-order valence-corrected chi connectivity index (χ3v) is 4.37. The predicted octanol–water partition coefficient (Wildman–Crippen LogP) is 1.77. The van der Waals surface area contributed by atoms with Gasteiger partial charge in [0.1, 0.15) is 17.9 Å². The zero-order chi connectivity index (χ0) is 15.4. The van der Waals surface area contributed by atoms with Gasteiger partial charge in [0.05, 0.1) is 6.04 Å². The van der Waals surface area contributed by atoms with Crippen LogP contribution in [0.1, 0.15) is 38.5 Å². The van der Waals surface area contributed by atoms with Crippen molar-refractivity contribution >= 4 is 11.8 Å². The standard InChI is InChI=1S/C17H22N2O3/c20-16-11-10-14(18-16)17(21)19-13-8-4-5-9-15(13)22-12-6-2-1-3-7-12/h1-3,6-7,13-15H,4-5,8-11H2,(H,18,20)(H,19,21)/t13-,14-,15-/m1/s1. The third kappa shape index (κ3) is 3.59. The molecule has 1 saturated carbocycles. The minimum Gasteiger partial charge on any atom is -0.488 e. The van der Waals surface area contributed by atoms with Gasteiger partial charge < -0.3 is 15.4 Å². The molecule has 1 aliphatic heterocycles. The first-order chi connectivity index (χ1) is 10.7.